The zero-order valence-electron chi connectivity index (χ0n) is 12.7. The third-order valence-electron chi connectivity index (χ3n) is 3.26. The largest absolute Gasteiger partial charge is 0.478 e. The molecule has 22 heavy (non-hydrogen) atoms. The van der Waals surface area contributed by atoms with Gasteiger partial charge in [0.15, 0.2) is 0 Å². The van der Waals surface area contributed by atoms with Crippen molar-refractivity contribution in [1.29, 1.82) is 0 Å². The second-order valence-electron chi connectivity index (χ2n) is 5.57. The van der Waals surface area contributed by atoms with Crippen LogP contribution < -0.4 is 0 Å². The molecule has 0 aliphatic carbocycles. The van der Waals surface area contributed by atoms with Crippen LogP contribution in [0.25, 0.3) is 6.08 Å². The Morgan fingerprint density at radius 1 is 1.09 bits per heavy atom. The summed E-state index contributed by atoms with van der Waals surface area (Å²) in [5, 5.41) is 9.16. The number of esters is 2. The van der Waals surface area contributed by atoms with Gasteiger partial charge in [0, 0.05) is 13.8 Å². The van der Waals surface area contributed by atoms with Gasteiger partial charge in [-0.3, -0.25) is 0 Å². The Kier molecular flexibility index (Phi) is 3.79. The average Bonchev–Trinajstić information content (AvgIpc) is 2.34. The monoisotopic (exact) mass is 304 g/mol. The van der Waals surface area contributed by atoms with E-state index < -0.39 is 23.7 Å². The molecular weight excluding hydrogens is 288 g/mol. The highest BCUT2D eigenvalue weighted by atomic mass is 16.7. The highest BCUT2D eigenvalue weighted by Gasteiger charge is 2.38. The Bertz CT molecular complexity index is 690. The van der Waals surface area contributed by atoms with Crippen molar-refractivity contribution in [2.24, 2.45) is 0 Å². The molecule has 0 aromatic heterocycles. The van der Waals surface area contributed by atoms with Gasteiger partial charge in [-0.1, -0.05) is 6.07 Å². The van der Waals surface area contributed by atoms with E-state index in [-0.39, 0.29) is 11.1 Å². The predicted octanol–water partition coefficient (Wildman–Crippen LogP) is 2.22. The van der Waals surface area contributed by atoms with Gasteiger partial charge in [-0.05, 0) is 42.7 Å². The summed E-state index contributed by atoms with van der Waals surface area (Å²) in [5.41, 5.74) is 1.63. The Morgan fingerprint density at radius 3 is 2.14 bits per heavy atom. The molecule has 1 aliphatic rings. The van der Waals surface area contributed by atoms with Crippen molar-refractivity contribution in [3.63, 3.8) is 0 Å². The van der Waals surface area contributed by atoms with E-state index in [0.717, 1.165) is 5.56 Å². The van der Waals surface area contributed by atoms with Crippen LogP contribution in [-0.4, -0.2) is 28.8 Å². The summed E-state index contributed by atoms with van der Waals surface area (Å²) >= 11 is 0. The van der Waals surface area contributed by atoms with E-state index in [1.807, 2.05) is 0 Å². The van der Waals surface area contributed by atoms with E-state index in [2.05, 4.69) is 0 Å². The molecule has 0 spiro atoms. The van der Waals surface area contributed by atoms with Crippen molar-refractivity contribution >= 4 is 24.0 Å². The van der Waals surface area contributed by atoms with Gasteiger partial charge < -0.3 is 14.6 Å². The fraction of sp³-hybridized carbons (Fsp3) is 0.312. The Hall–Kier alpha value is -2.63. The molecule has 1 aromatic carbocycles. The number of cyclic esters (lactones) is 2. The zero-order valence-corrected chi connectivity index (χ0v) is 12.7. The number of aromatic carboxylic acids is 1. The molecule has 0 amide bonds. The number of ether oxygens (including phenoxy) is 2. The smallest absolute Gasteiger partial charge is 0.348 e. The van der Waals surface area contributed by atoms with Gasteiger partial charge in [-0.2, -0.15) is 0 Å². The van der Waals surface area contributed by atoms with E-state index in [9.17, 15) is 14.4 Å². The lowest BCUT2D eigenvalue weighted by molar-refractivity contribution is -0.222. The second-order valence-corrected chi connectivity index (χ2v) is 5.57. The molecule has 0 bridgehead atoms. The molecule has 6 nitrogen and oxygen atoms in total. The molecule has 0 atom stereocenters. The summed E-state index contributed by atoms with van der Waals surface area (Å²) in [4.78, 5) is 35.0. The first-order chi connectivity index (χ1) is 10.1. The number of benzene rings is 1. The molecule has 1 saturated heterocycles. The van der Waals surface area contributed by atoms with Crippen molar-refractivity contribution in [2.75, 3.05) is 0 Å². The van der Waals surface area contributed by atoms with Crippen molar-refractivity contribution in [3.8, 4) is 0 Å². The molecule has 0 saturated carbocycles. The summed E-state index contributed by atoms with van der Waals surface area (Å²) in [6.07, 6.45) is 1.29. The molecule has 2 rings (SSSR count). The number of rotatable bonds is 2. The lowest BCUT2D eigenvalue weighted by Crippen LogP contribution is -2.41. The summed E-state index contributed by atoms with van der Waals surface area (Å²) < 4.78 is 10.0. The maximum atomic E-state index is 11.9. The number of hydrogen-bond donors (Lipinski definition) is 1. The number of hydrogen-bond acceptors (Lipinski definition) is 5. The third kappa shape index (κ3) is 3.00. The lowest BCUT2D eigenvalue weighted by Gasteiger charge is -2.29. The fourth-order valence-electron chi connectivity index (χ4n) is 2.19. The minimum atomic E-state index is -1.31. The normalized spacial score (nSPS) is 16.8. The number of carboxylic acid groups (broad SMARTS) is 1. The third-order valence-corrected chi connectivity index (χ3v) is 3.26. The number of aryl methyl sites for hydroxylation is 2. The van der Waals surface area contributed by atoms with Gasteiger partial charge in [-0.25, -0.2) is 14.4 Å². The van der Waals surface area contributed by atoms with Crippen LogP contribution in [0.5, 0.6) is 0 Å². The summed E-state index contributed by atoms with van der Waals surface area (Å²) in [6.45, 7) is 6.35. The summed E-state index contributed by atoms with van der Waals surface area (Å²) in [7, 11) is 0. The molecule has 1 aromatic rings. The van der Waals surface area contributed by atoms with Crippen LogP contribution in [0.15, 0.2) is 17.7 Å². The first kappa shape index (κ1) is 15.8. The molecule has 1 heterocycles. The Balaban J connectivity index is 2.49. The van der Waals surface area contributed by atoms with Crippen LogP contribution in [0, 0.1) is 13.8 Å². The van der Waals surface area contributed by atoms with Crippen molar-refractivity contribution in [2.45, 2.75) is 33.5 Å². The van der Waals surface area contributed by atoms with Crippen LogP contribution in [0.1, 0.15) is 40.9 Å². The highest BCUT2D eigenvalue weighted by Crippen LogP contribution is 2.26. The number of carbonyl (C=O) groups is 3. The molecule has 1 fully saturated rings. The maximum absolute atomic E-state index is 11.9. The summed E-state index contributed by atoms with van der Waals surface area (Å²) in [5.74, 6) is -3.97. The van der Waals surface area contributed by atoms with Gasteiger partial charge in [-0.15, -0.1) is 0 Å². The number of carboxylic acids is 1. The minimum absolute atomic E-state index is 0.107. The predicted molar refractivity (Wildman–Crippen MR) is 77.1 cm³/mol. The Morgan fingerprint density at radius 2 is 1.64 bits per heavy atom. The van der Waals surface area contributed by atoms with Crippen LogP contribution in [0.2, 0.25) is 0 Å². The van der Waals surface area contributed by atoms with Gasteiger partial charge in [0.05, 0.1) is 5.56 Å². The molecule has 6 heteroatoms. The van der Waals surface area contributed by atoms with E-state index >= 15 is 0 Å². The van der Waals surface area contributed by atoms with E-state index in [1.165, 1.54) is 26.0 Å². The molecular formula is C16H16O6. The van der Waals surface area contributed by atoms with Crippen LogP contribution in [-0.2, 0) is 19.1 Å². The zero-order chi connectivity index (χ0) is 16.7. The van der Waals surface area contributed by atoms with Crippen molar-refractivity contribution in [1.82, 2.24) is 0 Å². The van der Waals surface area contributed by atoms with Gasteiger partial charge >= 0.3 is 17.9 Å². The van der Waals surface area contributed by atoms with Gasteiger partial charge in [0.1, 0.15) is 5.57 Å². The molecule has 1 N–H and O–H groups in total. The maximum Gasteiger partial charge on any atom is 0.348 e. The Labute approximate surface area is 127 Å². The molecule has 0 unspecified atom stereocenters. The first-order valence-electron chi connectivity index (χ1n) is 6.63. The SMILES string of the molecule is Cc1cc(C)c(C(=O)O)cc1C=C1C(=O)OC(C)(C)OC1=O. The van der Waals surface area contributed by atoms with Gasteiger partial charge in [0.25, 0.3) is 5.79 Å². The molecule has 0 radical (unpaired) electrons. The van der Waals surface area contributed by atoms with Crippen LogP contribution >= 0.6 is 0 Å². The summed E-state index contributed by atoms with van der Waals surface area (Å²) in [6, 6.07) is 3.10. The van der Waals surface area contributed by atoms with E-state index in [4.69, 9.17) is 14.6 Å². The molecule has 1 aliphatic heterocycles. The quantitative estimate of drug-likeness (QED) is 0.512. The lowest BCUT2D eigenvalue weighted by atomic mass is 9.98. The fourth-order valence-corrected chi connectivity index (χ4v) is 2.19. The van der Waals surface area contributed by atoms with E-state index in [0.29, 0.717) is 11.1 Å². The van der Waals surface area contributed by atoms with Crippen molar-refractivity contribution in [3.05, 3.63) is 40.0 Å². The first-order valence-corrected chi connectivity index (χ1v) is 6.63. The number of carbonyl (C=O) groups excluding carboxylic acids is 2. The van der Waals surface area contributed by atoms with E-state index in [1.54, 1.807) is 19.9 Å². The topological polar surface area (TPSA) is 89.9 Å². The highest BCUT2D eigenvalue weighted by molar-refractivity contribution is 6.19. The van der Waals surface area contributed by atoms with Crippen LogP contribution in [0.3, 0.4) is 0 Å². The van der Waals surface area contributed by atoms with Crippen molar-refractivity contribution < 1.29 is 29.0 Å². The average molecular weight is 304 g/mol. The van der Waals surface area contributed by atoms with Gasteiger partial charge in [0.2, 0.25) is 0 Å². The van der Waals surface area contributed by atoms with Crippen LogP contribution in [0.4, 0.5) is 0 Å². The minimum Gasteiger partial charge on any atom is -0.478 e. The standard InChI is InChI=1S/C16H16O6/c1-8-5-9(2)11(13(17)18)6-10(8)7-12-14(19)21-16(3,4)22-15(12)20/h5-7H,1-4H3,(H,17,18). The second kappa shape index (κ2) is 5.29. The molecule has 116 valence electrons.